The number of ether oxygens (including phenoxy) is 1. The van der Waals surface area contributed by atoms with Crippen molar-refractivity contribution in [1.29, 1.82) is 0 Å². The van der Waals surface area contributed by atoms with Crippen LogP contribution in [0.5, 0.6) is 11.5 Å². The quantitative estimate of drug-likeness (QED) is 0.375. The summed E-state index contributed by atoms with van der Waals surface area (Å²) in [7, 11) is 1.90. The average Bonchev–Trinajstić information content (AvgIpc) is 2.56. The standard InChI is InChI=1S/C19H20F4N2O/c1-5-25(4)11-24-17-8-13(3)18(9-12(17)2)26-14-6-7-16(20)15(10-14)19(21,22)23/h6-11H,5H2,1-4H3/b24-11+. The normalized spacial score (nSPS) is 11.8. The molecule has 2 aromatic carbocycles. The zero-order chi connectivity index (χ0) is 19.5. The fourth-order valence-electron chi connectivity index (χ4n) is 2.18. The van der Waals surface area contributed by atoms with E-state index < -0.39 is 17.6 Å². The number of rotatable bonds is 5. The first kappa shape index (κ1) is 19.8. The van der Waals surface area contributed by atoms with Gasteiger partial charge < -0.3 is 9.64 Å². The SMILES string of the molecule is CCN(C)/C=N/c1cc(C)c(Oc2ccc(F)c(C(F)(F)F)c2)cc1C. The van der Waals surface area contributed by atoms with E-state index in [1.54, 1.807) is 25.4 Å². The molecule has 7 heteroatoms. The van der Waals surface area contributed by atoms with Gasteiger partial charge in [0, 0.05) is 13.6 Å². The molecule has 0 aliphatic rings. The molecule has 0 heterocycles. The molecule has 0 spiro atoms. The second-order valence-corrected chi connectivity index (χ2v) is 5.96. The summed E-state index contributed by atoms with van der Waals surface area (Å²) in [5, 5.41) is 0. The lowest BCUT2D eigenvalue weighted by atomic mass is 10.1. The van der Waals surface area contributed by atoms with Crippen LogP contribution in [0.4, 0.5) is 23.2 Å². The van der Waals surface area contributed by atoms with E-state index in [1.165, 1.54) is 6.07 Å². The molecule has 0 radical (unpaired) electrons. The summed E-state index contributed by atoms with van der Waals surface area (Å²) in [4.78, 5) is 6.30. The van der Waals surface area contributed by atoms with Crippen LogP contribution in [0, 0.1) is 19.7 Å². The summed E-state index contributed by atoms with van der Waals surface area (Å²) in [6.45, 7) is 6.41. The molecule has 0 amide bonds. The Bertz CT molecular complexity index is 816. The van der Waals surface area contributed by atoms with Gasteiger partial charge in [-0.2, -0.15) is 13.2 Å². The first-order chi connectivity index (χ1) is 12.1. The molecule has 2 rings (SSSR count). The maximum atomic E-state index is 13.4. The van der Waals surface area contributed by atoms with Crippen molar-refractivity contribution >= 4 is 12.0 Å². The zero-order valence-corrected chi connectivity index (χ0v) is 15.0. The third-order valence-corrected chi connectivity index (χ3v) is 3.86. The second-order valence-electron chi connectivity index (χ2n) is 5.96. The lowest BCUT2D eigenvalue weighted by molar-refractivity contribution is -0.140. The predicted octanol–water partition coefficient (Wildman–Crippen LogP) is 5.87. The van der Waals surface area contributed by atoms with Crippen LogP contribution in [0.25, 0.3) is 0 Å². The number of halogens is 4. The Morgan fingerprint density at radius 2 is 1.81 bits per heavy atom. The summed E-state index contributed by atoms with van der Waals surface area (Å²) in [6.07, 6.45) is -3.07. The van der Waals surface area contributed by atoms with E-state index >= 15 is 0 Å². The minimum atomic E-state index is -4.78. The molecular formula is C19H20F4N2O. The van der Waals surface area contributed by atoms with Crippen LogP contribution in [-0.4, -0.2) is 24.8 Å². The molecule has 0 bridgehead atoms. The van der Waals surface area contributed by atoms with E-state index in [2.05, 4.69) is 4.99 Å². The Balaban J connectivity index is 2.31. The van der Waals surface area contributed by atoms with Gasteiger partial charge in [0.1, 0.15) is 17.3 Å². The van der Waals surface area contributed by atoms with Crippen molar-refractivity contribution < 1.29 is 22.3 Å². The van der Waals surface area contributed by atoms with Crippen LogP contribution in [-0.2, 0) is 6.18 Å². The van der Waals surface area contributed by atoms with Crippen LogP contribution in [0.15, 0.2) is 35.3 Å². The predicted molar refractivity (Wildman–Crippen MR) is 93.8 cm³/mol. The maximum absolute atomic E-state index is 13.4. The molecule has 26 heavy (non-hydrogen) atoms. The van der Waals surface area contributed by atoms with Crippen molar-refractivity contribution in [3.8, 4) is 11.5 Å². The first-order valence-corrected chi connectivity index (χ1v) is 8.02. The lowest BCUT2D eigenvalue weighted by Crippen LogP contribution is -2.14. The fourth-order valence-corrected chi connectivity index (χ4v) is 2.18. The average molecular weight is 368 g/mol. The third kappa shape index (κ3) is 4.74. The van der Waals surface area contributed by atoms with Gasteiger partial charge in [0.05, 0.1) is 17.6 Å². The number of benzene rings is 2. The summed E-state index contributed by atoms with van der Waals surface area (Å²) >= 11 is 0. The van der Waals surface area contributed by atoms with Crippen LogP contribution in [0.3, 0.4) is 0 Å². The number of aliphatic imine (C=N–C) groups is 1. The minimum Gasteiger partial charge on any atom is -0.457 e. The number of alkyl halides is 3. The van der Waals surface area contributed by atoms with E-state index in [1.807, 2.05) is 25.8 Å². The Morgan fingerprint density at radius 1 is 1.12 bits per heavy atom. The van der Waals surface area contributed by atoms with Gasteiger partial charge >= 0.3 is 6.18 Å². The summed E-state index contributed by atoms with van der Waals surface area (Å²) in [5.74, 6) is -1.02. The topological polar surface area (TPSA) is 24.8 Å². The summed E-state index contributed by atoms with van der Waals surface area (Å²) in [5.41, 5.74) is 0.905. The molecule has 0 saturated carbocycles. The molecule has 2 aromatic rings. The Hall–Kier alpha value is -2.57. The van der Waals surface area contributed by atoms with E-state index in [-0.39, 0.29) is 5.75 Å². The van der Waals surface area contributed by atoms with Crippen LogP contribution in [0.1, 0.15) is 23.6 Å². The van der Waals surface area contributed by atoms with Crippen molar-refractivity contribution in [2.45, 2.75) is 26.9 Å². The third-order valence-electron chi connectivity index (χ3n) is 3.86. The molecule has 0 unspecified atom stereocenters. The lowest BCUT2D eigenvalue weighted by Gasteiger charge is -2.14. The molecule has 0 aliphatic heterocycles. The van der Waals surface area contributed by atoms with Crippen molar-refractivity contribution in [3.63, 3.8) is 0 Å². The molecular weight excluding hydrogens is 348 g/mol. The highest BCUT2D eigenvalue weighted by atomic mass is 19.4. The number of aryl methyl sites for hydroxylation is 2. The molecule has 140 valence electrons. The number of hydrogen-bond acceptors (Lipinski definition) is 2. The monoisotopic (exact) mass is 368 g/mol. The van der Waals surface area contributed by atoms with Crippen LogP contribution in [0.2, 0.25) is 0 Å². The highest BCUT2D eigenvalue weighted by Gasteiger charge is 2.34. The van der Waals surface area contributed by atoms with Gasteiger partial charge in [-0.05, 0) is 62.2 Å². The fraction of sp³-hybridized carbons (Fsp3) is 0.316. The first-order valence-electron chi connectivity index (χ1n) is 8.02. The highest BCUT2D eigenvalue weighted by molar-refractivity contribution is 5.64. The molecule has 0 aromatic heterocycles. The Kier molecular flexibility index (Phi) is 5.90. The molecule has 0 saturated heterocycles. The number of nitrogens with zero attached hydrogens (tertiary/aromatic N) is 2. The zero-order valence-electron chi connectivity index (χ0n) is 15.0. The van der Waals surface area contributed by atoms with E-state index in [0.717, 1.165) is 23.9 Å². The largest absolute Gasteiger partial charge is 0.457 e. The summed E-state index contributed by atoms with van der Waals surface area (Å²) in [6, 6.07) is 6.07. The molecule has 0 N–H and O–H groups in total. The summed E-state index contributed by atoms with van der Waals surface area (Å²) < 4.78 is 57.4. The van der Waals surface area contributed by atoms with Gasteiger partial charge in [-0.15, -0.1) is 0 Å². The van der Waals surface area contributed by atoms with Gasteiger partial charge in [-0.3, -0.25) is 0 Å². The van der Waals surface area contributed by atoms with Gasteiger partial charge in [-0.25, -0.2) is 9.38 Å². The van der Waals surface area contributed by atoms with Gasteiger partial charge in [0.2, 0.25) is 0 Å². The Morgan fingerprint density at radius 3 is 2.42 bits per heavy atom. The van der Waals surface area contributed by atoms with E-state index in [9.17, 15) is 17.6 Å². The van der Waals surface area contributed by atoms with Crippen molar-refractivity contribution in [2.24, 2.45) is 4.99 Å². The van der Waals surface area contributed by atoms with Crippen molar-refractivity contribution in [1.82, 2.24) is 4.90 Å². The van der Waals surface area contributed by atoms with Gasteiger partial charge in [-0.1, -0.05) is 0 Å². The molecule has 0 aliphatic carbocycles. The number of hydrogen-bond donors (Lipinski definition) is 0. The van der Waals surface area contributed by atoms with E-state index in [0.29, 0.717) is 17.4 Å². The Labute approximate surface area is 149 Å². The maximum Gasteiger partial charge on any atom is 0.419 e. The van der Waals surface area contributed by atoms with Gasteiger partial charge in [0.25, 0.3) is 0 Å². The smallest absolute Gasteiger partial charge is 0.419 e. The van der Waals surface area contributed by atoms with Crippen LogP contribution >= 0.6 is 0 Å². The molecule has 0 atom stereocenters. The molecule has 0 fully saturated rings. The van der Waals surface area contributed by atoms with Crippen LogP contribution < -0.4 is 4.74 Å². The minimum absolute atomic E-state index is 0.0804. The molecule has 3 nitrogen and oxygen atoms in total. The van der Waals surface area contributed by atoms with Gasteiger partial charge in [0.15, 0.2) is 0 Å². The van der Waals surface area contributed by atoms with E-state index in [4.69, 9.17) is 4.74 Å². The highest BCUT2D eigenvalue weighted by Crippen LogP contribution is 2.36. The van der Waals surface area contributed by atoms with Crippen molar-refractivity contribution in [3.05, 3.63) is 52.8 Å². The van der Waals surface area contributed by atoms with Crippen molar-refractivity contribution in [2.75, 3.05) is 13.6 Å². The second kappa shape index (κ2) is 7.76.